The van der Waals surface area contributed by atoms with E-state index in [1.165, 1.54) is 23.1 Å². The second-order valence-corrected chi connectivity index (χ2v) is 9.43. The van der Waals surface area contributed by atoms with Crippen molar-refractivity contribution < 1.29 is 4.79 Å². The van der Waals surface area contributed by atoms with Gasteiger partial charge in [0.1, 0.15) is 9.53 Å². The van der Waals surface area contributed by atoms with Crippen molar-refractivity contribution in [2.24, 2.45) is 0 Å². The molecular weight excluding hydrogens is 438 g/mol. The van der Waals surface area contributed by atoms with Gasteiger partial charge in [-0.1, -0.05) is 71.9 Å². The molecule has 0 aliphatic rings. The molecule has 0 radical (unpaired) electrons. The molecule has 0 spiro atoms. The molecule has 0 saturated carbocycles. The fourth-order valence-corrected chi connectivity index (χ4v) is 5.42. The van der Waals surface area contributed by atoms with Gasteiger partial charge in [0.15, 0.2) is 10.9 Å². The van der Waals surface area contributed by atoms with Crippen molar-refractivity contribution in [3.63, 3.8) is 0 Å². The van der Waals surface area contributed by atoms with Gasteiger partial charge >= 0.3 is 0 Å². The quantitative estimate of drug-likeness (QED) is 0.196. The number of pyridine rings is 1. The van der Waals surface area contributed by atoms with E-state index >= 15 is 0 Å². The average molecular weight is 458 g/mol. The van der Waals surface area contributed by atoms with E-state index in [9.17, 15) is 9.59 Å². The first-order valence-electron chi connectivity index (χ1n) is 10.1. The third-order valence-corrected chi connectivity index (χ3v) is 7.27. The normalized spacial score (nSPS) is 11.3. The molecule has 0 unspecified atom stereocenters. The van der Waals surface area contributed by atoms with Crippen LogP contribution in [0, 0.1) is 6.92 Å². The van der Waals surface area contributed by atoms with Crippen LogP contribution in [0.15, 0.2) is 82.9 Å². The second kappa shape index (κ2) is 8.68. The minimum atomic E-state index is -0.103. The van der Waals surface area contributed by atoms with E-state index in [0.717, 1.165) is 21.3 Å². The van der Waals surface area contributed by atoms with Gasteiger partial charge in [-0.3, -0.25) is 14.2 Å². The van der Waals surface area contributed by atoms with Gasteiger partial charge in [0.25, 0.3) is 5.56 Å². The van der Waals surface area contributed by atoms with Gasteiger partial charge in [-0.2, -0.15) is 0 Å². The number of ketones is 1. The Morgan fingerprint density at radius 2 is 1.81 bits per heavy atom. The van der Waals surface area contributed by atoms with Gasteiger partial charge in [0, 0.05) is 17.1 Å². The number of hydrogen-bond acceptors (Lipinski definition) is 6. The summed E-state index contributed by atoms with van der Waals surface area (Å²) < 4.78 is 2.26. The highest BCUT2D eigenvalue weighted by Gasteiger charge is 2.18. The molecular formula is C25H19N3O2S2. The van der Waals surface area contributed by atoms with Crippen LogP contribution in [0.1, 0.15) is 21.5 Å². The van der Waals surface area contributed by atoms with Crippen LogP contribution in [0.25, 0.3) is 20.4 Å². The average Bonchev–Trinajstić information content (AvgIpc) is 3.20. The van der Waals surface area contributed by atoms with Gasteiger partial charge in [0.05, 0.1) is 17.8 Å². The maximum Gasteiger partial charge on any atom is 0.272 e. The molecule has 2 aromatic carbocycles. The molecule has 0 bridgehead atoms. The molecule has 0 saturated heterocycles. The molecule has 0 amide bonds. The molecule has 158 valence electrons. The lowest BCUT2D eigenvalue weighted by molar-refractivity contribution is 0.102. The fraction of sp³-hybridized carbons (Fsp3) is 0.120. The third kappa shape index (κ3) is 3.97. The molecule has 5 rings (SSSR count). The summed E-state index contributed by atoms with van der Waals surface area (Å²) in [6.07, 6.45) is 1.72. The van der Waals surface area contributed by atoms with Gasteiger partial charge in [-0.15, -0.1) is 11.3 Å². The van der Waals surface area contributed by atoms with E-state index in [-0.39, 0.29) is 17.1 Å². The maximum absolute atomic E-state index is 13.5. The molecule has 3 aromatic heterocycles. The predicted molar refractivity (Wildman–Crippen MR) is 131 cm³/mol. The van der Waals surface area contributed by atoms with Crippen molar-refractivity contribution in [1.29, 1.82) is 0 Å². The molecule has 0 N–H and O–H groups in total. The summed E-state index contributed by atoms with van der Waals surface area (Å²) in [5, 5.41) is 1.40. The van der Waals surface area contributed by atoms with Crippen LogP contribution in [0.4, 0.5) is 0 Å². The zero-order valence-electron chi connectivity index (χ0n) is 17.3. The summed E-state index contributed by atoms with van der Waals surface area (Å²) in [5.41, 5.74) is 3.37. The number of hydrogen-bond donors (Lipinski definition) is 0. The minimum Gasteiger partial charge on any atom is -0.293 e. The van der Waals surface area contributed by atoms with E-state index in [0.29, 0.717) is 27.5 Å². The summed E-state index contributed by atoms with van der Waals surface area (Å²) in [6, 6.07) is 21.1. The molecule has 0 aliphatic heterocycles. The van der Waals surface area contributed by atoms with Crippen molar-refractivity contribution >= 4 is 49.3 Å². The van der Waals surface area contributed by atoms with Gasteiger partial charge in [-0.05, 0) is 24.6 Å². The number of benzene rings is 2. The molecule has 7 heteroatoms. The van der Waals surface area contributed by atoms with Crippen molar-refractivity contribution in [3.8, 4) is 0 Å². The highest BCUT2D eigenvalue weighted by Crippen LogP contribution is 2.30. The zero-order valence-corrected chi connectivity index (χ0v) is 19.0. The fourth-order valence-electron chi connectivity index (χ4n) is 3.50. The number of fused-ring (bicyclic) bond motifs is 3. The minimum absolute atomic E-state index is 0.00340. The third-order valence-electron chi connectivity index (χ3n) is 5.21. The highest BCUT2D eigenvalue weighted by atomic mass is 32.2. The van der Waals surface area contributed by atoms with E-state index in [1.807, 2.05) is 61.5 Å². The number of carbonyl (C=O) groups is 1. The lowest BCUT2D eigenvalue weighted by Crippen LogP contribution is -2.23. The summed E-state index contributed by atoms with van der Waals surface area (Å²) >= 11 is 2.66. The number of thioether (sulfide) groups is 1. The Bertz CT molecular complexity index is 1490. The Balaban J connectivity index is 1.59. The highest BCUT2D eigenvalue weighted by molar-refractivity contribution is 7.99. The Labute approximate surface area is 192 Å². The Hall–Kier alpha value is -3.29. The van der Waals surface area contributed by atoms with E-state index in [2.05, 4.69) is 4.98 Å². The first kappa shape index (κ1) is 20.6. The number of carbonyl (C=O) groups excluding carboxylic acids is 1. The van der Waals surface area contributed by atoms with Crippen molar-refractivity contribution in [3.05, 3.63) is 100.0 Å². The van der Waals surface area contributed by atoms with E-state index in [1.54, 1.807) is 22.9 Å². The molecule has 32 heavy (non-hydrogen) atoms. The molecule has 0 fully saturated rings. The predicted octanol–water partition coefficient (Wildman–Crippen LogP) is 5.34. The Morgan fingerprint density at radius 3 is 2.59 bits per heavy atom. The molecule has 0 atom stereocenters. The second-order valence-electron chi connectivity index (χ2n) is 7.49. The molecule has 5 aromatic rings. The number of nitrogens with zero attached hydrogens (tertiary/aromatic N) is 3. The van der Waals surface area contributed by atoms with Crippen molar-refractivity contribution in [2.75, 3.05) is 5.75 Å². The zero-order chi connectivity index (χ0) is 22.1. The Morgan fingerprint density at radius 1 is 1.03 bits per heavy atom. The number of Topliss-reactive ketones (excluding diaryl/α,β-unsaturated/α-hetero) is 1. The maximum atomic E-state index is 13.5. The smallest absolute Gasteiger partial charge is 0.272 e. The van der Waals surface area contributed by atoms with Crippen LogP contribution in [-0.4, -0.2) is 26.1 Å². The van der Waals surface area contributed by atoms with Gasteiger partial charge in [-0.25, -0.2) is 9.97 Å². The molecule has 0 aliphatic carbocycles. The first-order chi connectivity index (χ1) is 15.6. The van der Waals surface area contributed by atoms with Crippen LogP contribution < -0.4 is 5.56 Å². The first-order valence-corrected chi connectivity index (χ1v) is 11.9. The standard InChI is InChI=1S/C25H19N3O2S2/c1-16-9-11-17(12-10-16)14-28-24(30)22-21(19-8-5-13-26-23(19)32-22)27-25(28)31-15-20(29)18-6-3-2-4-7-18/h2-13H,14-15H2,1H3. The number of thiophene rings is 1. The molecule has 3 heterocycles. The summed E-state index contributed by atoms with van der Waals surface area (Å²) in [7, 11) is 0. The SMILES string of the molecule is Cc1ccc(Cn2c(SCC(=O)c3ccccc3)nc3c(sc4ncccc43)c2=O)cc1. The van der Waals surface area contributed by atoms with Crippen LogP contribution in [0.3, 0.4) is 0 Å². The lowest BCUT2D eigenvalue weighted by Gasteiger charge is -2.12. The number of aromatic nitrogens is 3. The van der Waals surface area contributed by atoms with Gasteiger partial charge < -0.3 is 0 Å². The largest absolute Gasteiger partial charge is 0.293 e. The topological polar surface area (TPSA) is 64.8 Å². The van der Waals surface area contributed by atoms with Crippen molar-refractivity contribution in [1.82, 2.24) is 14.5 Å². The van der Waals surface area contributed by atoms with Crippen molar-refractivity contribution in [2.45, 2.75) is 18.6 Å². The number of aryl methyl sites for hydroxylation is 1. The van der Waals surface area contributed by atoms with E-state index < -0.39 is 0 Å². The van der Waals surface area contributed by atoms with E-state index in [4.69, 9.17) is 4.98 Å². The van der Waals surface area contributed by atoms with Crippen LogP contribution in [0.2, 0.25) is 0 Å². The van der Waals surface area contributed by atoms with Crippen LogP contribution >= 0.6 is 23.1 Å². The van der Waals surface area contributed by atoms with Crippen LogP contribution in [0.5, 0.6) is 0 Å². The lowest BCUT2D eigenvalue weighted by atomic mass is 10.1. The van der Waals surface area contributed by atoms with Crippen LogP contribution in [-0.2, 0) is 6.54 Å². The summed E-state index contributed by atoms with van der Waals surface area (Å²) in [4.78, 5) is 36.2. The Kier molecular flexibility index (Phi) is 5.59. The summed E-state index contributed by atoms with van der Waals surface area (Å²) in [6.45, 7) is 2.43. The number of rotatable bonds is 6. The summed E-state index contributed by atoms with van der Waals surface area (Å²) in [5.74, 6) is 0.208. The molecule has 5 nitrogen and oxygen atoms in total. The van der Waals surface area contributed by atoms with Gasteiger partial charge in [0.2, 0.25) is 0 Å². The monoisotopic (exact) mass is 457 g/mol.